The number of amides is 2. The highest BCUT2D eigenvalue weighted by molar-refractivity contribution is 5.73. The Hall–Kier alpha value is -2.52. The number of carbonyl (C=O) groups excluding carboxylic acids is 4. The van der Waals surface area contributed by atoms with Gasteiger partial charge in [0.25, 0.3) is 0 Å². The summed E-state index contributed by atoms with van der Waals surface area (Å²) in [7, 11) is 0. The van der Waals surface area contributed by atoms with E-state index in [1.807, 2.05) is 41.5 Å². The second kappa shape index (κ2) is 15.8. The molecule has 220 valence electrons. The molecule has 0 heterocycles. The van der Waals surface area contributed by atoms with Gasteiger partial charge in [0.2, 0.25) is 0 Å². The van der Waals surface area contributed by atoms with Crippen molar-refractivity contribution in [2.45, 2.75) is 130 Å². The summed E-state index contributed by atoms with van der Waals surface area (Å²) in [5.41, 5.74) is -1.00. The summed E-state index contributed by atoms with van der Waals surface area (Å²) < 4.78 is 20.5. The predicted molar refractivity (Wildman–Crippen MR) is 143 cm³/mol. The lowest BCUT2D eigenvalue weighted by atomic mass is 9.86. The van der Waals surface area contributed by atoms with Gasteiger partial charge in [0.05, 0.1) is 25.0 Å². The Labute approximate surface area is 228 Å². The molecule has 10 heteroatoms. The highest BCUT2D eigenvalue weighted by Gasteiger charge is 2.31. The average Bonchev–Trinajstić information content (AvgIpc) is 2.77. The van der Waals surface area contributed by atoms with Crippen LogP contribution in [-0.2, 0) is 28.5 Å². The van der Waals surface area contributed by atoms with Crippen molar-refractivity contribution in [3.05, 3.63) is 0 Å². The van der Waals surface area contributed by atoms with Crippen LogP contribution in [-0.4, -0.2) is 60.6 Å². The number of esters is 2. The number of hydrogen-bond donors (Lipinski definition) is 2. The normalized spacial score (nSPS) is 23.6. The zero-order chi connectivity index (χ0) is 28.9. The maximum absolute atomic E-state index is 11.7. The molecule has 2 amide bonds. The third kappa shape index (κ3) is 14.4. The lowest BCUT2D eigenvalue weighted by Crippen LogP contribution is -2.42. The van der Waals surface area contributed by atoms with Crippen LogP contribution < -0.4 is 10.6 Å². The van der Waals surface area contributed by atoms with Crippen molar-refractivity contribution in [2.24, 2.45) is 11.8 Å². The first kappa shape index (κ1) is 33.5. The van der Waals surface area contributed by atoms with Crippen LogP contribution >= 0.6 is 0 Å². The number of hydrogen-bond acceptors (Lipinski definition) is 8. The Bertz CT molecular complexity index is 708. The molecule has 2 saturated carbocycles. The van der Waals surface area contributed by atoms with Gasteiger partial charge in [-0.05, 0) is 93.9 Å². The van der Waals surface area contributed by atoms with Crippen LogP contribution in [0.1, 0.15) is 107 Å². The molecule has 0 aromatic heterocycles. The van der Waals surface area contributed by atoms with Gasteiger partial charge >= 0.3 is 24.1 Å². The molecule has 0 aliphatic heterocycles. The van der Waals surface area contributed by atoms with E-state index in [-0.39, 0.29) is 35.9 Å². The zero-order valence-electron chi connectivity index (χ0n) is 24.6. The van der Waals surface area contributed by atoms with Crippen molar-refractivity contribution in [1.82, 2.24) is 10.6 Å². The van der Waals surface area contributed by atoms with Crippen LogP contribution in [0, 0.1) is 11.8 Å². The number of ether oxygens (including phenoxy) is 4. The lowest BCUT2D eigenvalue weighted by molar-refractivity contribution is -0.150. The van der Waals surface area contributed by atoms with Crippen LogP contribution in [0.15, 0.2) is 0 Å². The first-order valence-electron chi connectivity index (χ1n) is 14.0. The summed E-state index contributed by atoms with van der Waals surface area (Å²) in [6.07, 6.45) is 5.73. The van der Waals surface area contributed by atoms with E-state index in [2.05, 4.69) is 10.6 Å². The fourth-order valence-corrected chi connectivity index (χ4v) is 4.54. The topological polar surface area (TPSA) is 129 Å². The van der Waals surface area contributed by atoms with Gasteiger partial charge < -0.3 is 29.6 Å². The van der Waals surface area contributed by atoms with Gasteiger partial charge in [0, 0.05) is 12.1 Å². The maximum Gasteiger partial charge on any atom is 0.407 e. The van der Waals surface area contributed by atoms with Gasteiger partial charge in [0.1, 0.15) is 11.2 Å². The smallest absolute Gasteiger partial charge is 0.407 e. The van der Waals surface area contributed by atoms with Gasteiger partial charge in [-0.25, -0.2) is 9.59 Å². The van der Waals surface area contributed by atoms with Crippen LogP contribution in [0.3, 0.4) is 0 Å². The quantitative estimate of drug-likeness (QED) is 0.343. The number of rotatable bonds is 6. The van der Waals surface area contributed by atoms with E-state index in [4.69, 9.17) is 18.9 Å². The van der Waals surface area contributed by atoms with E-state index in [1.54, 1.807) is 13.8 Å². The first-order valence-corrected chi connectivity index (χ1v) is 14.0. The van der Waals surface area contributed by atoms with Crippen LogP contribution in [0.2, 0.25) is 0 Å². The van der Waals surface area contributed by atoms with E-state index in [0.717, 1.165) is 38.5 Å². The van der Waals surface area contributed by atoms with Crippen molar-refractivity contribution in [3.8, 4) is 0 Å². The van der Waals surface area contributed by atoms with Crippen molar-refractivity contribution in [2.75, 3.05) is 13.2 Å². The molecule has 10 nitrogen and oxygen atoms in total. The molecule has 2 N–H and O–H groups in total. The Morgan fingerprint density at radius 3 is 1.26 bits per heavy atom. The van der Waals surface area contributed by atoms with Crippen molar-refractivity contribution < 1.29 is 38.1 Å². The molecular formula is C28H50N2O8. The molecule has 2 aliphatic carbocycles. The largest absolute Gasteiger partial charge is 0.466 e. The Kier molecular flexibility index (Phi) is 13.9. The minimum atomic E-state index is -0.501. The molecule has 2 fully saturated rings. The van der Waals surface area contributed by atoms with E-state index in [9.17, 15) is 19.2 Å². The second-order valence-corrected chi connectivity index (χ2v) is 11.9. The molecule has 2 rings (SSSR count). The molecule has 0 saturated heterocycles. The summed E-state index contributed by atoms with van der Waals surface area (Å²) in [6, 6.07) is -0.00369. The van der Waals surface area contributed by atoms with Gasteiger partial charge in [-0.15, -0.1) is 0 Å². The first-order chi connectivity index (χ1) is 17.6. The van der Waals surface area contributed by atoms with Gasteiger partial charge in [-0.3, -0.25) is 9.59 Å². The minimum Gasteiger partial charge on any atom is -0.466 e. The van der Waals surface area contributed by atoms with Gasteiger partial charge in [0.15, 0.2) is 0 Å². The van der Waals surface area contributed by atoms with Crippen LogP contribution in [0.5, 0.6) is 0 Å². The summed E-state index contributed by atoms with van der Waals surface area (Å²) in [5.74, 6) is -0.515. The van der Waals surface area contributed by atoms with Crippen LogP contribution in [0.25, 0.3) is 0 Å². The van der Waals surface area contributed by atoms with E-state index in [1.165, 1.54) is 0 Å². The summed E-state index contributed by atoms with van der Waals surface area (Å²) in [6.45, 7) is 15.4. The van der Waals surface area contributed by atoms with Crippen molar-refractivity contribution in [3.63, 3.8) is 0 Å². The number of carbonyl (C=O) groups is 4. The predicted octanol–water partition coefficient (Wildman–Crippen LogP) is 5.27. The molecule has 4 atom stereocenters. The summed E-state index contributed by atoms with van der Waals surface area (Å²) in [5, 5.41) is 5.67. The minimum absolute atomic E-state index is 0.00185. The Morgan fingerprint density at radius 1 is 0.632 bits per heavy atom. The molecule has 0 aromatic rings. The molecule has 0 unspecified atom stereocenters. The van der Waals surface area contributed by atoms with E-state index in [0.29, 0.717) is 26.1 Å². The summed E-state index contributed by atoms with van der Waals surface area (Å²) >= 11 is 0. The lowest BCUT2D eigenvalue weighted by Gasteiger charge is -2.29. The third-order valence-electron chi connectivity index (χ3n) is 6.03. The van der Waals surface area contributed by atoms with Crippen LogP contribution in [0.4, 0.5) is 9.59 Å². The highest BCUT2D eigenvalue weighted by atomic mass is 16.6. The molecule has 0 spiro atoms. The fraction of sp³-hybridized carbons (Fsp3) is 0.857. The average molecular weight is 543 g/mol. The summed E-state index contributed by atoms with van der Waals surface area (Å²) in [4.78, 5) is 46.7. The molecule has 0 aromatic carbocycles. The fourth-order valence-electron chi connectivity index (χ4n) is 4.54. The molecule has 2 aliphatic rings. The number of alkyl carbamates (subject to hydrolysis) is 2. The molecule has 0 radical (unpaired) electrons. The van der Waals surface area contributed by atoms with E-state index >= 15 is 0 Å². The monoisotopic (exact) mass is 542 g/mol. The SMILES string of the molecule is CCOC(=O)[C@@H]1CCC[C@H](NC(=O)OC(C)(C)C)C1.CCOC(=O)[C@H]1CCC[C@@H](NC(=O)OC(C)(C)C)C1. The molecule has 0 bridgehead atoms. The standard InChI is InChI=1S/2C14H25NO4/c2*1-5-18-12(16)10-7-6-8-11(9-10)15-13(17)19-14(2,3)4/h2*10-11H,5-9H2,1-4H3,(H,15,17)/t2*10-,11+/m10/s1. The second-order valence-electron chi connectivity index (χ2n) is 11.9. The van der Waals surface area contributed by atoms with Crippen molar-refractivity contribution >= 4 is 24.1 Å². The van der Waals surface area contributed by atoms with Gasteiger partial charge in [-0.2, -0.15) is 0 Å². The zero-order valence-corrected chi connectivity index (χ0v) is 24.6. The van der Waals surface area contributed by atoms with E-state index < -0.39 is 23.4 Å². The van der Waals surface area contributed by atoms with Crippen molar-refractivity contribution in [1.29, 1.82) is 0 Å². The molecule has 38 heavy (non-hydrogen) atoms. The number of nitrogens with one attached hydrogen (secondary N) is 2. The molecular weight excluding hydrogens is 492 g/mol. The highest BCUT2D eigenvalue weighted by Crippen LogP contribution is 2.27. The Balaban J connectivity index is 0.000000380. The maximum atomic E-state index is 11.7. The third-order valence-corrected chi connectivity index (χ3v) is 6.03. The Morgan fingerprint density at radius 2 is 0.974 bits per heavy atom. The van der Waals surface area contributed by atoms with Gasteiger partial charge in [-0.1, -0.05) is 12.8 Å².